The molecule has 1 aliphatic rings. The zero-order valence-corrected chi connectivity index (χ0v) is 20.9. The topological polar surface area (TPSA) is 119 Å². The van der Waals surface area contributed by atoms with E-state index in [0.29, 0.717) is 18.8 Å². The molecular formula is C22H28IN7O3. The molecule has 4 rings (SSSR count). The van der Waals surface area contributed by atoms with Gasteiger partial charge in [0.25, 0.3) is 5.91 Å². The first kappa shape index (κ1) is 24.7. The first-order valence-corrected chi connectivity index (χ1v) is 10.5. The lowest BCUT2D eigenvalue weighted by Gasteiger charge is -2.25. The Kier molecular flexibility index (Phi) is 8.83. The van der Waals surface area contributed by atoms with Crippen molar-refractivity contribution < 1.29 is 13.9 Å². The van der Waals surface area contributed by atoms with E-state index in [0.717, 1.165) is 42.6 Å². The van der Waals surface area contributed by atoms with Crippen LogP contribution in [-0.4, -0.2) is 46.8 Å². The highest BCUT2D eigenvalue weighted by Crippen LogP contribution is 2.14. The summed E-state index contributed by atoms with van der Waals surface area (Å²) in [7, 11) is 3.40. The second kappa shape index (κ2) is 11.8. The second-order valence-electron chi connectivity index (χ2n) is 7.49. The van der Waals surface area contributed by atoms with Gasteiger partial charge in [-0.2, -0.15) is 5.10 Å². The first-order chi connectivity index (χ1) is 15.6. The molecule has 0 aliphatic carbocycles. The van der Waals surface area contributed by atoms with Crippen molar-refractivity contribution in [3.05, 3.63) is 65.6 Å². The van der Waals surface area contributed by atoms with Gasteiger partial charge in [0.05, 0.1) is 12.8 Å². The van der Waals surface area contributed by atoms with Gasteiger partial charge in [-0.25, -0.2) is 9.67 Å². The predicted molar refractivity (Wildman–Crippen MR) is 135 cm³/mol. The number of amides is 1. The summed E-state index contributed by atoms with van der Waals surface area (Å²) in [6.07, 6.45) is 3.29. The fourth-order valence-electron chi connectivity index (χ4n) is 3.55. The molecule has 0 radical (unpaired) electrons. The fourth-order valence-corrected chi connectivity index (χ4v) is 3.55. The van der Waals surface area contributed by atoms with E-state index < -0.39 is 0 Å². The number of halogens is 1. The molecule has 3 aromatic rings. The predicted octanol–water partition coefficient (Wildman–Crippen LogP) is 2.57. The van der Waals surface area contributed by atoms with Crippen LogP contribution in [0.2, 0.25) is 0 Å². The van der Waals surface area contributed by atoms with Gasteiger partial charge in [-0.1, -0.05) is 12.1 Å². The number of hydrogen-bond acceptors (Lipinski definition) is 6. The summed E-state index contributed by atoms with van der Waals surface area (Å²) in [5, 5.41) is 14.1. The molecule has 0 bridgehead atoms. The van der Waals surface area contributed by atoms with Crippen LogP contribution in [0.5, 0.6) is 0 Å². The molecule has 1 atom stereocenters. The highest BCUT2D eigenvalue weighted by atomic mass is 127. The lowest BCUT2D eigenvalue weighted by atomic mass is 10.1. The number of fused-ring (bicyclic) bond motifs is 1. The number of aliphatic imine (C=N–C) groups is 1. The van der Waals surface area contributed by atoms with Crippen LogP contribution < -0.4 is 16.0 Å². The quantitative estimate of drug-likeness (QED) is 0.229. The minimum atomic E-state index is -0.275. The Morgan fingerprint density at radius 1 is 1.30 bits per heavy atom. The van der Waals surface area contributed by atoms with Crippen LogP contribution in [0.4, 0.5) is 5.69 Å². The number of aromatic nitrogens is 3. The number of methoxy groups -OCH3 is 1. The number of benzene rings is 1. The highest BCUT2D eigenvalue weighted by Gasteiger charge is 2.22. The van der Waals surface area contributed by atoms with Gasteiger partial charge in [-0.15, -0.1) is 24.0 Å². The molecule has 1 aromatic carbocycles. The number of guanidine groups is 1. The maximum Gasteiger partial charge on any atom is 0.291 e. The molecule has 11 heteroatoms. The van der Waals surface area contributed by atoms with Gasteiger partial charge < -0.3 is 25.1 Å². The molecule has 0 saturated carbocycles. The molecule has 3 N–H and O–H groups in total. The molecule has 33 heavy (non-hydrogen) atoms. The summed E-state index contributed by atoms with van der Waals surface area (Å²) >= 11 is 0. The third kappa shape index (κ3) is 6.54. The Labute approximate surface area is 209 Å². The van der Waals surface area contributed by atoms with Crippen molar-refractivity contribution in [1.82, 2.24) is 25.4 Å². The maximum atomic E-state index is 12.1. The minimum Gasteiger partial charge on any atom is -0.459 e. The number of carbonyl (C=O) groups is 1. The second-order valence-corrected chi connectivity index (χ2v) is 7.49. The zero-order chi connectivity index (χ0) is 22.3. The number of anilines is 1. The summed E-state index contributed by atoms with van der Waals surface area (Å²) in [6.45, 7) is 1.76. The van der Waals surface area contributed by atoms with Gasteiger partial charge in [-0.05, 0) is 36.2 Å². The Morgan fingerprint density at radius 2 is 2.12 bits per heavy atom. The lowest BCUT2D eigenvalue weighted by Crippen LogP contribution is -2.46. The Hall–Kier alpha value is -2.93. The van der Waals surface area contributed by atoms with Gasteiger partial charge in [0.15, 0.2) is 17.5 Å². The SMILES string of the molecule is CN=C(NCc1ccc(NC(=O)c2ccco2)cc1)NC1CCc2nc(COC)nn2C1.I. The van der Waals surface area contributed by atoms with E-state index in [1.807, 2.05) is 28.9 Å². The van der Waals surface area contributed by atoms with Gasteiger partial charge in [-0.3, -0.25) is 9.79 Å². The molecule has 0 spiro atoms. The number of carbonyl (C=O) groups excluding carboxylic acids is 1. The van der Waals surface area contributed by atoms with Crippen LogP contribution in [0, 0.1) is 0 Å². The van der Waals surface area contributed by atoms with Crippen LogP contribution in [0.15, 0.2) is 52.1 Å². The number of ether oxygens (including phenoxy) is 1. The van der Waals surface area contributed by atoms with Crippen molar-refractivity contribution in [2.75, 3.05) is 19.5 Å². The zero-order valence-electron chi connectivity index (χ0n) is 18.6. The fraction of sp³-hybridized carbons (Fsp3) is 0.364. The largest absolute Gasteiger partial charge is 0.459 e. The van der Waals surface area contributed by atoms with Crippen LogP contribution >= 0.6 is 24.0 Å². The van der Waals surface area contributed by atoms with Gasteiger partial charge in [0, 0.05) is 38.9 Å². The molecule has 0 fully saturated rings. The van der Waals surface area contributed by atoms with Crippen molar-refractivity contribution in [1.29, 1.82) is 0 Å². The molecule has 176 valence electrons. The summed E-state index contributed by atoms with van der Waals surface area (Å²) in [6, 6.07) is 11.2. The maximum absolute atomic E-state index is 12.1. The van der Waals surface area contributed by atoms with Crippen LogP contribution in [0.1, 0.15) is 34.2 Å². The van der Waals surface area contributed by atoms with E-state index in [1.54, 1.807) is 26.3 Å². The molecule has 1 aliphatic heterocycles. The number of furan rings is 1. The molecule has 10 nitrogen and oxygen atoms in total. The summed E-state index contributed by atoms with van der Waals surface area (Å²) in [4.78, 5) is 20.9. The van der Waals surface area contributed by atoms with E-state index in [1.165, 1.54) is 6.26 Å². The standard InChI is InChI=1S/C22H27N7O3.HI/c1-23-22(26-17-9-10-20-27-19(14-31-2)28-29(20)13-17)24-12-15-5-7-16(8-6-15)25-21(30)18-4-3-11-32-18;/h3-8,11,17H,9-10,12-14H2,1-2H3,(H,25,30)(H2,23,24,26);1H. The number of aryl methyl sites for hydroxylation is 1. The van der Waals surface area contributed by atoms with Crippen molar-refractivity contribution in [3.8, 4) is 0 Å². The first-order valence-electron chi connectivity index (χ1n) is 10.5. The summed E-state index contributed by atoms with van der Waals surface area (Å²) in [5.74, 6) is 2.45. The summed E-state index contributed by atoms with van der Waals surface area (Å²) < 4.78 is 12.2. The van der Waals surface area contributed by atoms with E-state index in [9.17, 15) is 4.79 Å². The van der Waals surface area contributed by atoms with Gasteiger partial charge in [0.1, 0.15) is 12.4 Å². The van der Waals surface area contributed by atoms with Crippen LogP contribution in [0.25, 0.3) is 0 Å². The smallest absolute Gasteiger partial charge is 0.291 e. The Morgan fingerprint density at radius 3 is 2.82 bits per heavy atom. The van der Waals surface area contributed by atoms with E-state index >= 15 is 0 Å². The van der Waals surface area contributed by atoms with Crippen molar-refractivity contribution in [3.63, 3.8) is 0 Å². The average molecular weight is 565 g/mol. The molecule has 3 heterocycles. The normalized spacial score (nSPS) is 15.3. The van der Waals surface area contributed by atoms with Crippen molar-refractivity contribution in [2.24, 2.45) is 4.99 Å². The molecule has 1 amide bonds. The van der Waals surface area contributed by atoms with Crippen molar-refractivity contribution in [2.45, 2.75) is 38.6 Å². The lowest BCUT2D eigenvalue weighted by molar-refractivity contribution is 0.0996. The van der Waals surface area contributed by atoms with E-state index in [4.69, 9.17) is 9.15 Å². The number of nitrogens with one attached hydrogen (secondary N) is 3. The third-order valence-corrected chi connectivity index (χ3v) is 5.16. The Bertz CT molecular complexity index is 1060. The van der Waals surface area contributed by atoms with Crippen molar-refractivity contribution >= 4 is 41.5 Å². The third-order valence-electron chi connectivity index (χ3n) is 5.16. The number of rotatable bonds is 7. The number of nitrogens with zero attached hydrogens (tertiary/aromatic N) is 4. The number of hydrogen-bond donors (Lipinski definition) is 3. The molecule has 0 saturated heterocycles. The molecular weight excluding hydrogens is 537 g/mol. The summed E-state index contributed by atoms with van der Waals surface area (Å²) in [5.41, 5.74) is 1.77. The highest BCUT2D eigenvalue weighted by molar-refractivity contribution is 14.0. The average Bonchev–Trinajstić information content (AvgIpc) is 3.47. The van der Waals surface area contributed by atoms with Gasteiger partial charge in [0.2, 0.25) is 0 Å². The Balaban J connectivity index is 0.00000306. The van der Waals surface area contributed by atoms with Crippen LogP contribution in [0.3, 0.4) is 0 Å². The monoisotopic (exact) mass is 565 g/mol. The minimum absolute atomic E-state index is 0. The molecule has 1 unspecified atom stereocenters. The van der Waals surface area contributed by atoms with E-state index in [-0.39, 0.29) is 41.7 Å². The van der Waals surface area contributed by atoms with Crippen LogP contribution in [-0.2, 0) is 30.9 Å². The molecule has 2 aromatic heterocycles. The van der Waals surface area contributed by atoms with Gasteiger partial charge >= 0.3 is 0 Å². The van der Waals surface area contributed by atoms with E-state index in [2.05, 4.69) is 31.0 Å².